The highest BCUT2D eigenvalue weighted by Gasteiger charge is 2.23. The average molecular weight is 367 g/mol. The molecule has 0 atom stereocenters. The van der Waals surface area contributed by atoms with Gasteiger partial charge in [-0.15, -0.1) is 0 Å². The first-order valence-electron chi connectivity index (χ1n) is 9.17. The molecule has 0 spiro atoms. The van der Waals surface area contributed by atoms with Gasteiger partial charge in [-0.1, -0.05) is 24.3 Å². The van der Waals surface area contributed by atoms with E-state index in [2.05, 4.69) is 9.88 Å². The van der Waals surface area contributed by atoms with Crippen LogP contribution in [0.4, 0.5) is 4.39 Å². The van der Waals surface area contributed by atoms with Crippen LogP contribution in [0.2, 0.25) is 0 Å². The predicted octanol–water partition coefficient (Wildman–Crippen LogP) is 3.14. The molecule has 1 saturated heterocycles. The zero-order chi connectivity index (χ0) is 18.6. The third-order valence-corrected chi connectivity index (χ3v) is 4.89. The first kappa shape index (κ1) is 17.5. The number of H-pyrrole nitrogens is 1. The van der Waals surface area contributed by atoms with E-state index in [1.54, 1.807) is 12.1 Å². The molecule has 140 valence electrons. The van der Waals surface area contributed by atoms with Crippen LogP contribution in [0.15, 0.2) is 54.6 Å². The Kier molecular flexibility index (Phi) is 5.07. The van der Waals surface area contributed by atoms with Crippen molar-refractivity contribution >= 4 is 16.8 Å². The second-order valence-corrected chi connectivity index (χ2v) is 6.71. The van der Waals surface area contributed by atoms with E-state index in [0.717, 1.165) is 30.5 Å². The Morgan fingerprint density at radius 1 is 1.04 bits per heavy atom. The highest BCUT2D eigenvalue weighted by Crippen LogP contribution is 2.17. The molecule has 1 aliphatic heterocycles. The number of fused-ring (bicyclic) bond motifs is 1. The number of nitrogens with zero attached hydrogens (tertiary/aromatic N) is 2. The Bertz CT molecular complexity index is 899. The van der Waals surface area contributed by atoms with E-state index in [-0.39, 0.29) is 11.7 Å². The van der Waals surface area contributed by atoms with Crippen LogP contribution >= 0.6 is 0 Å². The van der Waals surface area contributed by atoms with Gasteiger partial charge in [0.05, 0.1) is 0 Å². The SMILES string of the molecule is O=C(c1cc2ccccc2[nH]1)N1CCN(CCOc2cccc(F)c2)CC1. The van der Waals surface area contributed by atoms with Gasteiger partial charge in [0.15, 0.2) is 0 Å². The molecule has 4 rings (SSSR count). The van der Waals surface area contributed by atoms with Gasteiger partial charge in [0.1, 0.15) is 23.9 Å². The van der Waals surface area contributed by atoms with Crippen LogP contribution in [0.25, 0.3) is 10.9 Å². The lowest BCUT2D eigenvalue weighted by Gasteiger charge is -2.34. The number of carbonyl (C=O) groups excluding carboxylic acids is 1. The maximum absolute atomic E-state index is 13.1. The zero-order valence-corrected chi connectivity index (χ0v) is 15.0. The van der Waals surface area contributed by atoms with Gasteiger partial charge < -0.3 is 14.6 Å². The van der Waals surface area contributed by atoms with Crippen LogP contribution in [-0.2, 0) is 0 Å². The fourth-order valence-corrected chi connectivity index (χ4v) is 3.38. The van der Waals surface area contributed by atoms with Gasteiger partial charge in [0.2, 0.25) is 0 Å². The Hall–Kier alpha value is -2.86. The van der Waals surface area contributed by atoms with Crippen LogP contribution in [0.5, 0.6) is 5.75 Å². The first-order valence-corrected chi connectivity index (χ1v) is 9.17. The lowest BCUT2D eigenvalue weighted by molar-refractivity contribution is 0.0615. The van der Waals surface area contributed by atoms with Crippen LogP contribution in [-0.4, -0.2) is 60.0 Å². The van der Waals surface area contributed by atoms with E-state index < -0.39 is 0 Å². The van der Waals surface area contributed by atoms with Crippen molar-refractivity contribution in [2.45, 2.75) is 0 Å². The summed E-state index contributed by atoms with van der Waals surface area (Å²) in [5, 5.41) is 1.05. The molecule has 5 nitrogen and oxygen atoms in total. The van der Waals surface area contributed by atoms with Crippen LogP contribution < -0.4 is 4.74 Å². The molecule has 0 unspecified atom stereocenters. The highest BCUT2D eigenvalue weighted by molar-refractivity contribution is 5.98. The van der Waals surface area contributed by atoms with Crippen molar-refractivity contribution < 1.29 is 13.9 Å². The molecule has 0 aliphatic carbocycles. The van der Waals surface area contributed by atoms with Crippen LogP contribution in [0, 0.1) is 5.82 Å². The molecule has 1 N–H and O–H groups in total. The largest absolute Gasteiger partial charge is 0.492 e. The molecule has 0 radical (unpaired) electrons. The minimum Gasteiger partial charge on any atom is -0.492 e. The monoisotopic (exact) mass is 367 g/mol. The summed E-state index contributed by atoms with van der Waals surface area (Å²) in [6, 6.07) is 16.0. The minimum atomic E-state index is -0.295. The summed E-state index contributed by atoms with van der Waals surface area (Å²) in [4.78, 5) is 20.1. The number of piperazine rings is 1. The number of carbonyl (C=O) groups is 1. The van der Waals surface area contributed by atoms with Gasteiger partial charge in [-0.2, -0.15) is 0 Å². The summed E-state index contributed by atoms with van der Waals surface area (Å²) in [7, 11) is 0. The molecule has 6 heteroatoms. The number of aromatic nitrogens is 1. The molecule has 1 amide bonds. The van der Waals surface area contributed by atoms with Gasteiger partial charge in [0.25, 0.3) is 5.91 Å². The molecule has 1 aromatic heterocycles. The third-order valence-electron chi connectivity index (χ3n) is 4.89. The molecule has 1 fully saturated rings. The first-order chi connectivity index (χ1) is 13.2. The van der Waals surface area contributed by atoms with E-state index >= 15 is 0 Å². The van der Waals surface area contributed by atoms with Crippen molar-refractivity contribution in [3.05, 3.63) is 66.1 Å². The van der Waals surface area contributed by atoms with E-state index in [9.17, 15) is 9.18 Å². The molecular weight excluding hydrogens is 345 g/mol. The van der Waals surface area contributed by atoms with E-state index in [0.29, 0.717) is 31.1 Å². The standard InChI is InChI=1S/C21H22FN3O2/c22-17-5-3-6-18(15-17)27-13-12-24-8-10-25(11-9-24)21(26)20-14-16-4-1-2-7-19(16)23-20/h1-7,14-15,23H,8-13H2. The lowest BCUT2D eigenvalue weighted by Crippen LogP contribution is -2.49. The van der Waals surface area contributed by atoms with Crippen molar-refractivity contribution in [2.75, 3.05) is 39.3 Å². The summed E-state index contributed by atoms with van der Waals surface area (Å²) < 4.78 is 18.7. The highest BCUT2D eigenvalue weighted by atomic mass is 19.1. The number of nitrogens with one attached hydrogen (secondary N) is 1. The Balaban J connectivity index is 1.26. The number of para-hydroxylation sites is 1. The number of amides is 1. The Morgan fingerprint density at radius 3 is 2.63 bits per heavy atom. The second-order valence-electron chi connectivity index (χ2n) is 6.71. The number of aromatic amines is 1. The average Bonchev–Trinajstić information content (AvgIpc) is 3.12. The topological polar surface area (TPSA) is 48.6 Å². The Morgan fingerprint density at radius 2 is 1.85 bits per heavy atom. The van der Waals surface area contributed by atoms with Crippen LogP contribution in [0.3, 0.4) is 0 Å². The number of rotatable bonds is 5. The maximum atomic E-state index is 13.1. The van der Waals surface area contributed by atoms with Crippen molar-refractivity contribution in [2.24, 2.45) is 0 Å². The van der Waals surface area contributed by atoms with Crippen LogP contribution in [0.1, 0.15) is 10.5 Å². The smallest absolute Gasteiger partial charge is 0.270 e. The van der Waals surface area contributed by atoms with Gasteiger partial charge in [0, 0.05) is 49.7 Å². The number of halogens is 1. The minimum absolute atomic E-state index is 0.0434. The molecule has 2 heterocycles. The summed E-state index contributed by atoms with van der Waals surface area (Å²) in [5.74, 6) is 0.293. The van der Waals surface area contributed by atoms with Gasteiger partial charge in [-0.05, 0) is 24.3 Å². The summed E-state index contributed by atoms with van der Waals surface area (Å²) in [6.45, 7) is 4.24. The summed E-state index contributed by atoms with van der Waals surface area (Å²) in [6.07, 6.45) is 0. The fourth-order valence-electron chi connectivity index (χ4n) is 3.38. The molecule has 2 aromatic carbocycles. The van der Waals surface area contributed by atoms with E-state index in [1.807, 2.05) is 35.2 Å². The summed E-state index contributed by atoms with van der Waals surface area (Å²) >= 11 is 0. The second kappa shape index (κ2) is 7.80. The molecule has 0 saturated carbocycles. The molecule has 3 aromatic rings. The number of hydrogen-bond donors (Lipinski definition) is 1. The van der Waals surface area contributed by atoms with Crippen molar-refractivity contribution in [1.82, 2.24) is 14.8 Å². The number of benzene rings is 2. The molecule has 1 aliphatic rings. The van der Waals surface area contributed by atoms with Gasteiger partial charge in [-0.3, -0.25) is 9.69 Å². The molecular formula is C21H22FN3O2. The van der Waals surface area contributed by atoms with Gasteiger partial charge >= 0.3 is 0 Å². The lowest BCUT2D eigenvalue weighted by atomic mass is 10.2. The zero-order valence-electron chi connectivity index (χ0n) is 15.0. The van der Waals surface area contributed by atoms with E-state index in [4.69, 9.17) is 4.74 Å². The number of ether oxygens (including phenoxy) is 1. The van der Waals surface area contributed by atoms with Crippen molar-refractivity contribution in [3.63, 3.8) is 0 Å². The van der Waals surface area contributed by atoms with E-state index in [1.165, 1.54) is 12.1 Å². The van der Waals surface area contributed by atoms with Gasteiger partial charge in [-0.25, -0.2) is 4.39 Å². The third kappa shape index (κ3) is 4.11. The summed E-state index contributed by atoms with van der Waals surface area (Å²) in [5.41, 5.74) is 1.62. The Labute approximate surface area is 157 Å². The fraction of sp³-hybridized carbons (Fsp3) is 0.286. The maximum Gasteiger partial charge on any atom is 0.270 e. The molecule has 0 bridgehead atoms. The normalized spacial score (nSPS) is 15.2. The van der Waals surface area contributed by atoms with Crippen molar-refractivity contribution in [1.29, 1.82) is 0 Å². The molecule has 27 heavy (non-hydrogen) atoms. The van der Waals surface area contributed by atoms with Crippen molar-refractivity contribution in [3.8, 4) is 5.75 Å². The number of hydrogen-bond acceptors (Lipinski definition) is 3. The predicted molar refractivity (Wildman–Crippen MR) is 103 cm³/mol. The quantitative estimate of drug-likeness (QED) is 0.754.